The molecule has 104 valence electrons. The number of anilines is 1. The molecule has 1 amide bonds. The Balaban J connectivity index is 1.55. The molecular weight excluding hydrogens is 292 g/mol. The number of nitrogens with zero attached hydrogens (tertiary/aromatic N) is 2. The summed E-state index contributed by atoms with van der Waals surface area (Å²) >= 11 is 3.23. The van der Waals surface area contributed by atoms with E-state index in [1.807, 2.05) is 12.1 Å². The third-order valence-electron chi connectivity index (χ3n) is 2.91. The van der Waals surface area contributed by atoms with Crippen molar-refractivity contribution in [2.75, 3.05) is 5.32 Å². The molecule has 1 aliphatic rings. The molecule has 0 bridgehead atoms. The van der Waals surface area contributed by atoms with E-state index in [0.717, 1.165) is 20.8 Å². The largest absolute Gasteiger partial charge is 0.366 e. The molecule has 2 aromatic rings. The van der Waals surface area contributed by atoms with E-state index in [0.29, 0.717) is 11.6 Å². The van der Waals surface area contributed by atoms with Crippen molar-refractivity contribution in [3.8, 4) is 0 Å². The van der Waals surface area contributed by atoms with Crippen molar-refractivity contribution in [2.45, 2.75) is 29.0 Å². The number of amides is 1. The lowest BCUT2D eigenvalue weighted by Gasteiger charge is -2.00. The number of benzene rings is 1. The molecule has 0 spiro atoms. The lowest BCUT2D eigenvalue weighted by atomic mass is 10.1. The highest BCUT2D eigenvalue weighted by Crippen LogP contribution is 2.31. The number of hydrogen-bond acceptors (Lipinski definition) is 6. The van der Waals surface area contributed by atoms with E-state index in [4.69, 9.17) is 5.73 Å². The van der Waals surface area contributed by atoms with Crippen LogP contribution in [0.1, 0.15) is 28.8 Å². The fourth-order valence-corrected chi connectivity index (χ4v) is 3.42. The fourth-order valence-electron chi connectivity index (χ4n) is 1.64. The molecule has 0 aliphatic heterocycles. The van der Waals surface area contributed by atoms with E-state index in [2.05, 4.69) is 15.5 Å². The summed E-state index contributed by atoms with van der Waals surface area (Å²) in [6, 6.07) is 7.92. The molecule has 1 aliphatic carbocycles. The number of nitrogens with two attached hydrogens (primary N) is 1. The molecule has 1 fully saturated rings. The lowest BCUT2D eigenvalue weighted by Crippen LogP contribution is -2.10. The Kier molecular flexibility index (Phi) is 3.88. The molecule has 0 saturated heterocycles. The maximum atomic E-state index is 11.0. The maximum absolute atomic E-state index is 11.0. The first-order chi connectivity index (χ1) is 9.70. The summed E-state index contributed by atoms with van der Waals surface area (Å²) in [4.78, 5) is 11.0. The summed E-state index contributed by atoms with van der Waals surface area (Å²) < 4.78 is 0.951. The van der Waals surface area contributed by atoms with Crippen molar-refractivity contribution >= 4 is 34.1 Å². The first-order valence-corrected chi connectivity index (χ1v) is 8.12. The number of primary amides is 1. The molecule has 1 aromatic carbocycles. The van der Waals surface area contributed by atoms with Crippen LogP contribution in [0.25, 0.3) is 0 Å². The summed E-state index contributed by atoms with van der Waals surface area (Å²) in [5.74, 6) is 0.404. The van der Waals surface area contributed by atoms with Crippen LogP contribution in [-0.4, -0.2) is 22.1 Å². The first-order valence-electron chi connectivity index (χ1n) is 6.32. The van der Waals surface area contributed by atoms with Gasteiger partial charge < -0.3 is 11.1 Å². The number of rotatable bonds is 6. The van der Waals surface area contributed by atoms with Gasteiger partial charge in [0.1, 0.15) is 0 Å². The van der Waals surface area contributed by atoms with Crippen LogP contribution in [0.3, 0.4) is 0 Å². The van der Waals surface area contributed by atoms with Crippen molar-refractivity contribution in [1.82, 2.24) is 10.2 Å². The third-order valence-corrected chi connectivity index (χ3v) is 4.97. The quantitative estimate of drug-likeness (QED) is 0.801. The second-order valence-electron chi connectivity index (χ2n) is 4.64. The van der Waals surface area contributed by atoms with E-state index in [1.165, 1.54) is 12.8 Å². The average molecular weight is 306 g/mol. The first kappa shape index (κ1) is 13.4. The second kappa shape index (κ2) is 5.80. The summed E-state index contributed by atoms with van der Waals surface area (Å²) in [6.07, 6.45) is 2.46. The number of aromatic nitrogens is 2. The number of thioether (sulfide) groups is 1. The monoisotopic (exact) mass is 306 g/mol. The van der Waals surface area contributed by atoms with Gasteiger partial charge in [0.25, 0.3) is 0 Å². The van der Waals surface area contributed by atoms with E-state index in [9.17, 15) is 4.79 Å². The summed E-state index contributed by atoms with van der Waals surface area (Å²) in [5, 5.41) is 12.5. The average Bonchev–Trinajstić information content (AvgIpc) is 3.14. The molecule has 0 atom stereocenters. The molecule has 20 heavy (non-hydrogen) atoms. The Hall–Kier alpha value is -1.60. The van der Waals surface area contributed by atoms with Crippen LogP contribution in [0.15, 0.2) is 28.6 Å². The van der Waals surface area contributed by atoms with Crippen LogP contribution >= 0.6 is 23.1 Å². The second-order valence-corrected chi connectivity index (χ2v) is 6.84. The zero-order valence-electron chi connectivity index (χ0n) is 10.7. The predicted molar refractivity (Wildman–Crippen MR) is 81.1 cm³/mol. The van der Waals surface area contributed by atoms with Crippen molar-refractivity contribution < 1.29 is 4.79 Å². The molecule has 1 heterocycles. The minimum Gasteiger partial charge on any atom is -0.366 e. The van der Waals surface area contributed by atoms with Crippen LogP contribution < -0.4 is 11.1 Å². The Morgan fingerprint density at radius 3 is 2.75 bits per heavy atom. The standard InChI is InChI=1S/C13H14N4OS2/c14-11(18)9-3-1-8(2-4-9)7-19-13-17-16-12(20-13)15-10-5-6-10/h1-4,10H,5-7H2,(H2,14,18)(H,15,16). The Bertz CT molecular complexity index is 607. The molecule has 3 N–H and O–H groups in total. The number of carbonyl (C=O) groups excluding carboxylic acids is 1. The van der Waals surface area contributed by atoms with Gasteiger partial charge in [-0.1, -0.05) is 35.2 Å². The van der Waals surface area contributed by atoms with Gasteiger partial charge in [0.2, 0.25) is 11.0 Å². The van der Waals surface area contributed by atoms with Crippen LogP contribution in [0.2, 0.25) is 0 Å². The van der Waals surface area contributed by atoms with Gasteiger partial charge in [0.05, 0.1) is 0 Å². The zero-order chi connectivity index (χ0) is 13.9. The number of hydrogen-bond donors (Lipinski definition) is 2. The predicted octanol–water partition coefficient (Wildman–Crippen LogP) is 2.50. The summed E-state index contributed by atoms with van der Waals surface area (Å²) in [6.45, 7) is 0. The summed E-state index contributed by atoms with van der Waals surface area (Å²) in [7, 11) is 0. The van der Waals surface area contributed by atoms with E-state index >= 15 is 0 Å². The summed E-state index contributed by atoms with van der Waals surface area (Å²) in [5.41, 5.74) is 6.87. The van der Waals surface area contributed by atoms with Crippen molar-refractivity contribution in [3.05, 3.63) is 35.4 Å². The van der Waals surface area contributed by atoms with E-state index in [-0.39, 0.29) is 0 Å². The van der Waals surface area contributed by atoms with Gasteiger partial charge in [-0.3, -0.25) is 4.79 Å². The topological polar surface area (TPSA) is 80.9 Å². The Morgan fingerprint density at radius 1 is 1.35 bits per heavy atom. The highest BCUT2D eigenvalue weighted by Gasteiger charge is 2.22. The van der Waals surface area contributed by atoms with Gasteiger partial charge in [0.15, 0.2) is 4.34 Å². The molecular formula is C13H14N4OS2. The molecule has 3 rings (SSSR count). The lowest BCUT2D eigenvalue weighted by molar-refractivity contribution is 0.100. The van der Waals surface area contributed by atoms with E-state index < -0.39 is 5.91 Å². The smallest absolute Gasteiger partial charge is 0.248 e. The Morgan fingerprint density at radius 2 is 2.10 bits per heavy atom. The normalized spacial score (nSPS) is 14.2. The van der Waals surface area contributed by atoms with Gasteiger partial charge in [-0.05, 0) is 30.5 Å². The van der Waals surface area contributed by atoms with Gasteiger partial charge in [-0.2, -0.15) is 0 Å². The van der Waals surface area contributed by atoms with Gasteiger partial charge in [-0.15, -0.1) is 10.2 Å². The van der Waals surface area contributed by atoms with Gasteiger partial charge in [-0.25, -0.2) is 0 Å². The molecule has 7 heteroatoms. The zero-order valence-corrected chi connectivity index (χ0v) is 12.3. The fraction of sp³-hybridized carbons (Fsp3) is 0.308. The molecule has 5 nitrogen and oxygen atoms in total. The van der Waals surface area contributed by atoms with Crippen LogP contribution in [-0.2, 0) is 5.75 Å². The molecule has 0 radical (unpaired) electrons. The highest BCUT2D eigenvalue weighted by molar-refractivity contribution is 8.00. The molecule has 1 aromatic heterocycles. The van der Waals surface area contributed by atoms with Crippen LogP contribution in [0.5, 0.6) is 0 Å². The van der Waals surface area contributed by atoms with Crippen LogP contribution in [0.4, 0.5) is 5.13 Å². The minimum absolute atomic E-state index is 0.399. The van der Waals surface area contributed by atoms with Crippen molar-refractivity contribution in [2.24, 2.45) is 5.73 Å². The molecule has 1 saturated carbocycles. The van der Waals surface area contributed by atoms with E-state index in [1.54, 1.807) is 35.2 Å². The SMILES string of the molecule is NC(=O)c1ccc(CSc2nnc(NC3CC3)s2)cc1. The van der Waals surface area contributed by atoms with Gasteiger partial charge >= 0.3 is 0 Å². The highest BCUT2D eigenvalue weighted by atomic mass is 32.2. The van der Waals surface area contributed by atoms with Crippen molar-refractivity contribution in [1.29, 1.82) is 0 Å². The number of nitrogens with one attached hydrogen (secondary N) is 1. The third kappa shape index (κ3) is 3.49. The van der Waals surface area contributed by atoms with Crippen LogP contribution in [0, 0.1) is 0 Å². The van der Waals surface area contributed by atoms with Gasteiger partial charge in [0, 0.05) is 17.4 Å². The Labute approximate surface area is 125 Å². The number of carbonyl (C=O) groups is 1. The minimum atomic E-state index is -0.399. The molecule has 0 unspecified atom stereocenters. The van der Waals surface area contributed by atoms with Crippen molar-refractivity contribution in [3.63, 3.8) is 0 Å². The maximum Gasteiger partial charge on any atom is 0.248 e.